The molecule has 1 aromatic rings. The van der Waals surface area contributed by atoms with Gasteiger partial charge in [-0.2, -0.15) is 0 Å². The van der Waals surface area contributed by atoms with Crippen LogP contribution in [0.5, 0.6) is 0 Å². The van der Waals surface area contributed by atoms with E-state index in [1.165, 1.54) is 0 Å². The highest BCUT2D eigenvalue weighted by molar-refractivity contribution is 5.16. The summed E-state index contributed by atoms with van der Waals surface area (Å²) >= 11 is 0. The Hall–Kier alpha value is -0.830. The first-order valence-corrected chi connectivity index (χ1v) is 4.93. The van der Waals surface area contributed by atoms with E-state index in [1.807, 2.05) is 6.07 Å². The molecule has 0 saturated carbocycles. The summed E-state index contributed by atoms with van der Waals surface area (Å²) in [5.41, 5.74) is 0.902. The predicted octanol–water partition coefficient (Wildman–Crippen LogP) is 2.72. The zero-order valence-electron chi connectivity index (χ0n) is 9.63. The van der Waals surface area contributed by atoms with Crippen molar-refractivity contribution in [2.75, 3.05) is 13.7 Å². The van der Waals surface area contributed by atoms with Crippen molar-refractivity contribution in [2.45, 2.75) is 39.0 Å². The maximum atomic E-state index is 5.31. The second-order valence-electron chi connectivity index (χ2n) is 4.59. The highest BCUT2D eigenvalue weighted by atomic mass is 16.5. The highest BCUT2D eigenvalue weighted by Crippen LogP contribution is 2.26. The third kappa shape index (κ3) is 2.35. The Balaban J connectivity index is 2.85. The Kier molecular flexibility index (Phi) is 3.32. The Labute approximate surface area is 85.4 Å². The first kappa shape index (κ1) is 11.2. The van der Waals surface area contributed by atoms with E-state index in [-0.39, 0.29) is 5.41 Å². The number of aromatic nitrogens is 1. The molecule has 0 spiro atoms. The number of nitrogens with zero attached hydrogens (tertiary/aromatic N) is 1. The Bertz CT molecular complexity index is 289. The zero-order chi connectivity index (χ0) is 10.8. The smallest absolute Gasteiger partial charge is 0.144 e. The van der Waals surface area contributed by atoms with E-state index < -0.39 is 0 Å². The SMILES string of the molecule is COCC(C)(C)c1cc(C(C)C)no1. The Morgan fingerprint density at radius 3 is 2.57 bits per heavy atom. The van der Waals surface area contributed by atoms with Crippen LogP contribution >= 0.6 is 0 Å². The van der Waals surface area contributed by atoms with Crippen molar-refractivity contribution in [1.82, 2.24) is 5.16 Å². The molecule has 14 heavy (non-hydrogen) atoms. The summed E-state index contributed by atoms with van der Waals surface area (Å²) in [6.45, 7) is 9.01. The van der Waals surface area contributed by atoms with Crippen LogP contribution in [0.4, 0.5) is 0 Å². The first-order valence-electron chi connectivity index (χ1n) is 4.93. The standard InChI is InChI=1S/C11H19NO2/c1-8(2)9-6-10(14-12-9)11(3,4)7-13-5/h6,8H,7H2,1-5H3. The fraction of sp³-hybridized carbons (Fsp3) is 0.727. The molecule has 0 aliphatic heterocycles. The summed E-state index contributed by atoms with van der Waals surface area (Å²) in [4.78, 5) is 0. The minimum absolute atomic E-state index is 0.102. The quantitative estimate of drug-likeness (QED) is 0.744. The highest BCUT2D eigenvalue weighted by Gasteiger charge is 2.26. The van der Waals surface area contributed by atoms with E-state index in [0.717, 1.165) is 11.5 Å². The van der Waals surface area contributed by atoms with Crippen molar-refractivity contribution >= 4 is 0 Å². The number of hydrogen-bond donors (Lipinski definition) is 0. The molecule has 0 aliphatic carbocycles. The van der Waals surface area contributed by atoms with Crippen LogP contribution in [0.1, 0.15) is 45.1 Å². The third-order valence-corrected chi connectivity index (χ3v) is 2.29. The van der Waals surface area contributed by atoms with E-state index in [2.05, 4.69) is 32.9 Å². The van der Waals surface area contributed by atoms with Gasteiger partial charge in [-0.25, -0.2) is 0 Å². The van der Waals surface area contributed by atoms with Gasteiger partial charge in [-0.3, -0.25) is 0 Å². The average Bonchev–Trinajstić information content (AvgIpc) is 2.51. The summed E-state index contributed by atoms with van der Waals surface area (Å²) < 4.78 is 10.5. The summed E-state index contributed by atoms with van der Waals surface area (Å²) in [6, 6.07) is 2.02. The molecule has 0 bridgehead atoms. The molecular formula is C11H19NO2. The van der Waals surface area contributed by atoms with Gasteiger partial charge < -0.3 is 9.26 Å². The van der Waals surface area contributed by atoms with Gasteiger partial charge in [0, 0.05) is 18.6 Å². The minimum Gasteiger partial charge on any atom is -0.384 e. The van der Waals surface area contributed by atoms with Gasteiger partial charge in [0.15, 0.2) is 0 Å². The van der Waals surface area contributed by atoms with E-state index in [9.17, 15) is 0 Å². The van der Waals surface area contributed by atoms with Crippen molar-refractivity contribution in [2.24, 2.45) is 0 Å². The molecular weight excluding hydrogens is 178 g/mol. The Morgan fingerprint density at radius 2 is 2.14 bits per heavy atom. The van der Waals surface area contributed by atoms with Crippen molar-refractivity contribution in [3.63, 3.8) is 0 Å². The van der Waals surface area contributed by atoms with Gasteiger partial charge >= 0.3 is 0 Å². The average molecular weight is 197 g/mol. The van der Waals surface area contributed by atoms with Crippen molar-refractivity contribution < 1.29 is 9.26 Å². The Morgan fingerprint density at radius 1 is 1.50 bits per heavy atom. The zero-order valence-corrected chi connectivity index (χ0v) is 9.63. The van der Waals surface area contributed by atoms with Gasteiger partial charge in [-0.05, 0) is 5.92 Å². The lowest BCUT2D eigenvalue weighted by Crippen LogP contribution is -2.22. The normalized spacial score (nSPS) is 12.4. The van der Waals surface area contributed by atoms with Crippen molar-refractivity contribution in [1.29, 1.82) is 0 Å². The molecule has 0 atom stereocenters. The molecule has 0 N–H and O–H groups in total. The molecule has 0 amide bonds. The molecule has 0 aromatic carbocycles. The molecule has 0 unspecified atom stereocenters. The third-order valence-electron chi connectivity index (χ3n) is 2.29. The van der Waals surface area contributed by atoms with E-state index in [0.29, 0.717) is 12.5 Å². The van der Waals surface area contributed by atoms with Crippen LogP contribution in [0.3, 0.4) is 0 Å². The fourth-order valence-corrected chi connectivity index (χ4v) is 1.31. The maximum absolute atomic E-state index is 5.31. The van der Waals surface area contributed by atoms with Crippen LogP contribution in [0.15, 0.2) is 10.6 Å². The van der Waals surface area contributed by atoms with E-state index in [4.69, 9.17) is 9.26 Å². The first-order chi connectivity index (χ1) is 6.47. The van der Waals surface area contributed by atoms with Crippen LogP contribution in [0.25, 0.3) is 0 Å². The predicted molar refractivity (Wildman–Crippen MR) is 55.5 cm³/mol. The molecule has 3 nitrogen and oxygen atoms in total. The van der Waals surface area contributed by atoms with E-state index in [1.54, 1.807) is 7.11 Å². The van der Waals surface area contributed by atoms with Crippen molar-refractivity contribution in [3.05, 3.63) is 17.5 Å². The second-order valence-corrected chi connectivity index (χ2v) is 4.59. The number of methoxy groups -OCH3 is 1. The molecule has 0 fully saturated rings. The second kappa shape index (κ2) is 4.13. The molecule has 3 heteroatoms. The lowest BCUT2D eigenvalue weighted by atomic mass is 9.91. The molecule has 0 aliphatic rings. The number of ether oxygens (including phenoxy) is 1. The molecule has 1 aromatic heterocycles. The molecule has 0 saturated heterocycles. The summed E-state index contributed by atoms with van der Waals surface area (Å²) in [5, 5.41) is 4.03. The van der Waals surface area contributed by atoms with Crippen LogP contribution < -0.4 is 0 Å². The maximum Gasteiger partial charge on any atom is 0.144 e. The van der Waals surface area contributed by atoms with Crippen LogP contribution in [0.2, 0.25) is 0 Å². The van der Waals surface area contributed by atoms with Gasteiger partial charge in [-0.1, -0.05) is 32.9 Å². The summed E-state index contributed by atoms with van der Waals surface area (Å²) in [7, 11) is 1.70. The molecule has 80 valence electrons. The van der Waals surface area contributed by atoms with Gasteiger partial charge in [0.25, 0.3) is 0 Å². The number of hydrogen-bond acceptors (Lipinski definition) is 3. The minimum atomic E-state index is -0.102. The van der Waals surface area contributed by atoms with E-state index >= 15 is 0 Å². The van der Waals surface area contributed by atoms with Gasteiger partial charge in [0.05, 0.1) is 12.3 Å². The monoisotopic (exact) mass is 197 g/mol. The van der Waals surface area contributed by atoms with Crippen LogP contribution in [0, 0.1) is 0 Å². The largest absolute Gasteiger partial charge is 0.384 e. The van der Waals surface area contributed by atoms with Crippen LogP contribution in [-0.4, -0.2) is 18.9 Å². The van der Waals surface area contributed by atoms with Gasteiger partial charge in [0.2, 0.25) is 0 Å². The van der Waals surface area contributed by atoms with Crippen LogP contribution in [-0.2, 0) is 10.2 Å². The lowest BCUT2D eigenvalue weighted by Gasteiger charge is -2.19. The summed E-state index contributed by atoms with van der Waals surface area (Å²) in [6.07, 6.45) is 0. The molecule has 1 heterocycles. The number of rotatable bonds is 4. The fourth-order valence-electron chi connectivity index (χ4n) is 1.31. The van der Waals surface area contributed by atoms with Gasteiger partial charge in [0.1, 0.15) is 5.76 Å². The topological polar surface area (TPSA) is 35.3 Å². The lowest BCUT2D eigenvalue weighted by molar-refractivity contribution is 0.129. The van der Waals surface area contributed by atoms with Crippen molar-refractivity contribution in [3.8, 4) is 0 Å². The molecule has 0 radical (unpaired) electrons. The summed E-state index contributed by atoms with van der Waals surface area (Å²) in [5.74, 6) is 1.30. The molecule has 1 rings (SSSR count). The van der Waals surface area contributed by atoms with Gasteiger partial charge in [-0.15, -0.1) is 0 Å².